The molecular formula is C29H26F9N7. The van der Waals surface area contributed by atoms with Gasteiger partial charge < -0.3 is 9.80 Å². The zero-order valence-electron chi connectivity index (χ0n) is 23.8. The predicted molar refractivity (Wildman–Crippen MR) is 146 cm³/mol. The van der Waals surface area contributed by atoms with E-state index in [9.17, 15) is 39.5 Å². The zero-order chi connectivity index (χ0) is 32.7. The second kappa shape index (κ2) is 11.9. The first-order chi connectivity index (χ1) is 21.0. The van der Waals surface area contributed by atoms with Crippen LogP contribution in [0.5, 0.6) is 0 Å². The molecule has 0 radical (unpaired) electrons. The molecule has 0 unspecified atom stereocenters. The SMILES string of the molecule is CC[C@@H]1C[C@H](N(Cc2cc(C(F)(F)F)cc(C(F)(F)F)c2)c2ncc(-c3cnn(C)c3)cn2)CN1c1ccc(C(F)(F)F)cn1. The summed E-state index contributed by atoms with van der Waals surface area (Å²) in [4.78, 5) is 16.1. The van der Waals surface area contributed by atoms with Gasteiger partial charge in [-0.1, -0.05) is 6.92 Å². The number of hydrogen-bond acceptors (Lipinski definition) is 6. The molecule has 0 saturated carbocycles. The third-order valence-electron chi connectivity index (χ3n) is 7.61. The summed E-state index contributed by atoms with van der Waals surface area (Å²) < 4.78 is 123. The number of alkyl halides is 9. The molecule has 5 rings (SSSR count). The number of anilines is 2. The van der Waals surface area contributed by atoms with E-state index >= 15 is 0 Å². The summed E-state index contributed by atoms with van der Waals surface area (Å²) in [6.07, 6.45) is -6.79. The van der Waals surface area contributed by atoms with Crippen molar-refractivity contribution in [3.63, 3.8) is 0 Å². The van der Waals surface area contributed by atoms with Crippen LogP contribution in [-0.4, -0.2) is 43.4 Å². The van der Waals surface area contributed by atoms with E-state index in [-0.39, 0.29) is 36.0 Å². The molecule has 0 spiro atoms. The molecule has 16 heteroatoms. The molecule has 4 heterocycles. The van der Waals surface area contributed by atoms with Gasteiger partial charge in [-0.05, 0) is 48.7 Å². The first kappa shape index (κ1) is 32.0. The number of nitrogens with zero attached hydrogens (tertiary/aromatic N) is 7. The zero-order valence-corrected chi connectivity index (χ0v) is 23.8. The van der Waals surface area contributed by atoms with Gasteiger partial charge in [0.15, 0.2) is 0 Å². The van der Waals surface area contributed by atoms with Crippen LogP contribution in [-0.2, 0) is 32.1 Å². The molecule has 3 aromatic heterocycles. The Kier molecular flexibility index (Phi) is 8.44. The summed E-state index contributed by atoms with van der Waals surface area (Å²) >= 11 is 0. The van der Waals surface area contributed by atoms with E-state index < -0.39 is 47.8 Å². The van der Waals surface area contributed by atoms with Gasteiger partial charge >= 0.3 is 18.5 Å². The van der Waals surface area contributed by atoms with Gasteiger partial charge in [-0.15, -0.1) is 0 Å². The molecule has 240 valence electrons. The van der Waals surface area contributed by atoms with E-state index in [1.54, 1.807) is 29.0 Å². The lowest BCUT2D eigenvalue weighted by molar-refractivity contribution is -0.143. The largest absolute Gasteiger partial charge is 0.417 e. The maximum Gasteiger partial charge on any atom is 0.417 e. The van der Waals surface area contributed by atoms with Crippen molar-refractivity contribution in [2.75, 3.05) is 16.3 Å². The molecule has 1 saturated heterocycles. The van der Waals surface area contributed by atoms with E-state index in [0.717, 1.165) is 6.07 Å². The third kappa shape index (κ3) is 7.14. The standard InChI is InChI=1S/C29H26F9N7/c1-3-23-9-24(16-44(23)25-5-4-20(13-39-25)27(30,31)32)45(26-40-10-18(11-41-26)19-12-42-43(2)15-19)14-17-6-21(28(33,34)35)8-22(7-17)29(36,37)38/h4-8,10-13,15,23-24H,3,9,14,16H2,1-2H3/t23-,24+/m1/s1. The first-order valence-electron chi connectivity index (χ1n) is 13.7. The lowest BCUT2D eigenvalue weighted by Gasteiger charge is -2.30. The fourth-order valence-corrected chi connectivity index (χ4v) is 5.37. The summed E-state index contributed by atoms with van der Waals surface area (Å²) in [5.41, 5.74) is -2.82. The highest BCUT2D eigenvalue weighted by atomic mass is 19.4. The monoisotopic (exact) mass is 643 g/mol. The van der Waals surface area contributed by atoms with Crippen LogP contribution in [0, 0.1) is 0 Å². The summed E-state index contributed by atoms with van der Waals surface area (Å²) in [7, 11) is 1.71. The van der Waals surface area contributed by atoms with Crippen LogP contribution in [0.3, 0.4) is 0 Å². The van der Waals surface area contributed by atoms with Crippen LogP contribution in [0.15, 0.2) is 61.3 Å². The second-order valence-electron chi connectivity index (χ2n) is 10.7. The molecule has 45 heavy (non-hydrogen) atoms. The van der Waals surface area contributed by atoms with Crippen molar-refractivity contribution >= 4 is 11.8 Å². The van der Waals surface area contributed by atoms with Gasteiger partial charge in [0, 0.05) is 62.1 Å². The Bertz CT molecular complexity index is 1580. The molecule has 1 fully saturated rings. The fraction of sp³-hybridized carbons (Fsp3) is 0.379. The number of halogens is 9. The van der Waals surface area contributed by atoms with Gasteiger partial charge in [0.05, 0.1) is 28.9 Å². The Morgan fingerprint density at radius 1 is 0.778 bits per heavy atom. The molecule has 0 amide bonds. The highest BCUT2D eigenvalue weighted by molar-refractivity contribution is 5.60. The van der Waals surface area contributed by atoms with Gasteiger partial charge in [0.2, 0.25) is 5.95 Å². The van der Waals surface area contributed by atoms with Crippen molar-refractivity contribution in [3.8, 4) is 11.1 Å². The second-order valence-corrected chi connectivity index (χ2v) is 10.7. The van der Waals surface area contributed by atoms with E-state index in [2.05, 4.69) is 20.1 Å². The number of benzene rings is 1. The van der Waals surface area contributed by atoms with Crippen molar-refractivity contribution in [2.24, 2.45) is 7.05 Å². The molecule has 0 aliphatic carbocycles. The van der Waals surface area contributed by atoms with E-state index in [1.807, 2.05) is 6.92 Å². The van der Waals surface area contributed by atoms with Crippen molar-refractivity contribution in [1.82, 2.24) is 24.7 Å². The number of pyridine rings is 1. The van der Waals surface area contributed by atoms with Crippen molar-refractivity contribution < 1.29 is 39.5 Å². The number of hydrogen-bond donors (Lipinski definition) is 0. The van der Waals surface area contributed by atoms with E-state index in [0.29, 0.717) is 42.3 Å². The average Bonchev–Trinajstić information content (AvgIpc) is 3.61. The van der Waals surface area contributed by atoms with Crippen LogP contribution < -0.4 is 9.80 Å². The molecule has 0 N–H and O–H groups in total. The Balaban J connectivity index is 1.53. The summed E-state index contributed by atoms with van der Waals surface area (Å²) in [5, 5.41) is 4.09. The molecule has 2 atom stereocenters. The normalized spacial score (nSPS) is 17.6. The van der Waals surface area contributed by atoms with Gasteiger partial charge in [-0.25, -0.2) is 15.0 Å². The Morgan fingerprint density at radius 3 is 1.89 bits per heavy atom. The van der Waals surface area contributed by atoms with Gasteiger partial charge in [0.25, 0.3) is 0 Å². The average molecular weight is 644 g/mol. The van der Waals surface area contributed by atoms with Crippen molar-refractivity contribution in [3.05, 3.63) is 83.6 Å². The van der Waals surface area contributed by atoms with Gasteiger partial charge in [-0.2, -0.15) is 44.6 Å². The van der Waals surface area contributed by atoms with Crippen molar-refractivity contribution in [2.45, 2.75) is 56.9 Å². The fourth-order valence-electron chi connectivity index (χ4n) is 5.37. The minimum absolute atomic E-state index is 0.0516. The quantitative estimate of drug-likeness (QED) is 0.196. The van der Waals surface area contributed by atoms with Crippen LogP contribution in [0.1, 0.15) is 42.0 Å². The van der Waals surface area contributed by atoms with Crippen molar-refractivity contribution in [1.29, 1.82) is 0 Å². The Labute approximate surface area is 251 Å². The number of aromatic nitrogens is 5. The minimum Gasteiger partial charge on any atom is -0.352 e. The molecule has 1 aromatic carbocycles. The van der Waals surface area contributed by atoms with Crippen LogP contribution in [0.4, 0.5) is 51.3 Å². The van der Waals surface area contributed by atoms with E-state index in [1.165, 1.54) is 23.4 Å². The molecule has 1 aliphatic rings. The van der Waals surface area contributed by atoms with Gasteiger partial charge in [0.1, 0.15) is 5.82 Å². The lowest BCUT2D eigenvalue weighted by Crippen LogP contribution is -2.38. The van der Waals surface area contributed by atoms with Crippen LogP contribution in [0.2, 0.25) is 0 Å². The smallest absolute Gasteiger partial charge is 0.352 e. The Hall–Kier alpha value is -4.37. The predicted octanol–water partition coefficient (Wildman–Crippen LogP) is 7.39. The molecule has 4 aromatic rings. The van der Waals surface area contributed by atoms with Crippen LogP contribution in [0.25, 0.3) is 11.1 Å². The minimum atomic E-state index is -5.03. The molecular weight excluding hydrogens is 617 g/mol. The maximum absolute atomic E-state index is 13.6. The topological polar surface area (TPSA) is 63.0 Å². The summed E-state index contributed by atoms with van der Waals surface area (Å²) in [6, 6.07) is 2.73. The summed E-state index contributed by atoms with van der Waals surface area (Å²) in [5.74, 6) is 0.305. The highest BCUT2D eigenvalue weighted by Crippen LogP contribution is 2.38. The molecule has 7 nitrogen and oxygen atoms in total. The van der Waals surface area contributed by atoms with E-state index in [4.69, 9.17) is 0 Å². The summed E-state index contributed by atoms with van der Waals surface area (Å²) in [6.45, 7) is 1.60. The lowest BCUT2D eigenvalue weighted by atomic mass is 10.0. The Morgan fingerprint density at radius 2 is 1.40 bits per heavy atom. The first-order valence-corrected chi connectivity index (χ1v) is 13.7. The van der Waals surface area contributed by atoms with Gasteiger partial charge in [-0.3, -0.25) is 4.68 Å². The number of rotatable bonds is 7. The molecule has 1 aliphatic heterocycles. The molecule has 0 bridgehead atoms. The number of aryl methyl sites for hydroxylation is 1. The third-order valence-corrected chi connectivity index (χ3v) is 7.61. The maximum atomic E-state index is 13.6. The van der Waals surface area contributed by atoms with Crippen LogP contribution >= 0.6 is 0 Å². The highest BCUT2D eigenvalue weighted by Gasteiger charge is 2.40.